The van der Waals surface area contributed by atoms with Gasteiger partial charge in [-0.2, -0.15) is 0 Å². The smallest absolute Gasteiger partial charge is 0.257 e. The summed E-state index contributed by atoms with van der Waals surface area (Å²) in [6.07, 6.45) is 4.15. The molecular formula is C20H24N4O2. The van der Waals surface area contributed by atoms with Crippen LogP contribution >= 0.6 is 0 Å². The van der Waals surface area contributed by atoms with Crippen molar-refractivity contribution in [1.29, 1.82) is 0 Å². The number of amides is 1. The molecule has 2 saturated heterocycles. The van der Waals surface area contributed by atoms with Gasteiger partial charge in [-0.3, -0.25) is 9.69 Å². The van der Waals surface area contributed by atoms with Crippen LogP contribution in [0.5, 0.6) is 0 Å². The quantitative estimate of drug-likeness (QED) is 0.846. The van der Waals surface area contributed by atoms with Crippen molar-refractivity contribution in [3.05, 3.63) is 48.4 Å². The van der Waals surface area contributed by atoms with Gasteiger partial charge in [0.2, 0.25) is 0 Å². The normalized spacial score (nSPS) is 24.0. The van der Waals surface area contributed by atoms with E-state index in [1.165, 1.54) is 6.33 Å². The van der Waals surface area contributed by atoms with Gasteiger partial charge in [0.25, 0.3) is 5.91 Å². The number of rotatable bonds is 3. The molecule has 0 N–H and O–H groups in total. The lowest BCUT2D eigenvalue weighted by molar-refractivity contribution is 0.0104. The van der Waals surface area contributed by atoms with Crippen molar-refractivity contribution >= 4 is 5.91 Å². The molecule has 0 spiro atoms. The molecule has 0 bridgehead atoms. The third-order valence-electron chi connectivity index (χ3n) is 5.48. The van der Waals surface area contributed by atoms with Crippen LogP contribution in [0.4, 0.5) is 0 Å². The highest BCUT2D eigenvalue weighted by molar-refractivity contribution is 5.99. The molecule has 1 aromatic heterocycles. The number of likely N-dealkylation sites (tertiary alicyclic amines) is 1. The van der Waals surface area contributed by atoms with Crippen LogP contribution in [0.15, 0.2) is 42.9 Å². The van der Waals surface area contributed by atoms with E-state index in [-0.39, 0.29) is 11.9 Å². The minimum absolute atomic E-state index is 0.0210. The molecule has 0 radical (unpaired) electrons. The molecule has 0 aliphatic carbocycles. The summed E-state index contributed by atoms with van der Waals surface area (Å²) in [5.41, 5.74) is 2.22. The van der Waals surface area contributed by atoms with Crippen LogP contribution in [0.2, 0.25) is 0 Å². The first-order valence-electron chi connectivity index (χ1n) is 9.24. The Bertz CT molecular complexity index is 761. The number of carbonyl (C=O) groups is 1. The van der Waals surface area contributed by atoms with Crippen molar-refractivity contribution in [3.8, 4) is 11.3 Å². The molecule has 1 aromatic carbocycles. The minimum Gasteiger partial charge on any atom is -0.379 e. The SMILES string of the molecule is C[C@@H]1[C@H](N2CCOCC2)CCN1C(=O)c1cncnc1-c1ccccc1. The van der Waals surface area contributed by atoms with E-state index in [0.717, 1.165) is 44.8 Å². The van der Waals surface area contributed by atoms with Crippen LogP contribution in [0.25, 0.3) is 11.3 Å². The summed E-state index contributed by atoms with van der Waals surface area (Å²) < 4.78 is 5.46. The fourth-order valence-electron chi connectivity index (χ4n) is 4.07. The third-order valence-corrected chi connectivity index (χ3v) is 5.48. The van der Waals surface area contributed by atoms with Crippen LogP contribution in [-0.2, 0) is 4.74 Å². The molecule has 6 heteroatoms. The van der Waals surface area contributed by atoms with E-state index in [2.05, 4.69) is 21.8 Å². The van der Waals surface area contributed by atoms with E-state index in [4.69, 9.17) is 4.74 Å². The largest absolute Gasteiger partial charge is 0.379 e. The third kappa shape index (κ3) is 3.22. The van der Waals surface area contributed by atoms with Gasteiger partial charge in [-0.05, 0) is 13.3 Å². The van der Waals surface area contributed by atoms with Crippen molar-refractivity contribution < 1.29 is 9.53 Å². The molecule has 136 valence electrons. The van der Waals surface area contributed by atoms with E-state index in [0.29, 0.717) is 17.3 Å². The number of morpholine rings is 1. The summed E-state index contributed by atoms with van der Waals surface area (Å²) in [5, 5.41) is 0. The average Bonchev–Trinajstić information content (AvgIpc) is 3.10. The molecule has 2 aliphatic heterocycles. The zero-order valence-electron chi connectivity index (χ0n) is 15.0. The Hall–Kier alpha value is -2.31. The topological polar surface area (TPSA) is 58.6 Å². The Kier molecular flexibility index (Phi) is 4.95. The molecule has 6 nitrogen and oxygen atoms in total. The zero-order chi connectivity index (χ0) is 17.9. The standard InChI is InChI=1S/C20H24N4O2/c1-15-18(23-9-11-26-12-10-23)7-8-24(15)20(25)17-13-21-14-22-19(17)16-5-3-2-4-6-16/h2-6,13-15,18H,7-12H2,1H3/t15-,18-/m1/s1. The number of ether oxygens (including phenoxy) is 1. The Morgan fingerprint density at radius 1 is 1.15 bits per heavy atom. The van der Waals surface area contributed by atoms with Crippen molar-refractivity contribution in [2.45, 2.75) is 25.4 Å². The molecule has 2 aromatic rings. The number of aromatic nitrogens is 2. The van der Waals surface area contributed by atoms with Gasteiger partial charge in [0.1, 0.15) is 6.33 Å². The molecule has 26 heavy (non-hydrogen) atoms. The maximum atomic E-state index is 13.3. The second-order valence-electron chi connectivity index (χ2n) is 6.89. The summed E-state index contributed by atoms with van der Waals surface area (Å²) in [7, 11) is 0. The lowest BCUT2D eigenvalue weighted by Crippen LogP contribution is -2.49. The Balaban J connectivity index is 1.57. The molecule has 2 fully saturated rings. The predicted molar refractivity (Wildman–Crippen MR) is 98.8 cm³/mol. The second kappa shape index (κ2) is 7.51. The number of hydrogen-bond acceptors (Lipinski definition) is 5. The first kappa shape index (κ1) is 17.1. The van der Waals surface area contributed by atoms with Gasteiger partial charge >= 0.3 is 0 Å². The van der Waals surface area contributed by atoms with Gasteiger partial charge in [-0.1, -0.05) is 30.3 Å². The molecule has 1 amide bonds. The van der Waals surface area contributed by atoms with Crippen LogP contribution in [-0.4, -0.2) is 70.6 Å². The molecule has 0 saturated carbocycles. The van der Waals surface area contributed by atoms with Crippen molar-refractivity contribution in [2.24, 2.45) is 0 Å². The van der Waals surface area contributed by atoms with Crippen LogP contribution < -0.4 is 0 Å². The summed E-state index contributed by atoms with van der Waals surface area (Å²) >= 11 is 0. The Labute approximate surface area is 153 Å². The first-order valence-corrected chi connectivity index (χ1v) is 9.24. The molecule has 4 rings (SSSR count). The maximum Gasteiger partial charge on any atom is 0.257 e. The van der Waals surface area contributed by atoms with Gasteiger partial charge in [0.05, 0.1) is 24.5 Å². The van der Waals surface area contributed by atoms with Crippen LogP contribution in [0.3, 0.4) is 0 Å². The fraction of sp³-hybridized carbons (Fsp3) is 0.450. The molecule has 2 aliphatic rings. The van der Waals surface area contributed by atoms with E-state index in [1.54, 1.807) is 6.20 Å². The second-order valence-corrected chi connectivity index (χ2v) is 6.89. The van der Waals surface area contributed by atoms with E-state index in [9.17, 15) is 4.79 Å². The molecule has 0 unspecified atom stereocenters. The highest BCUT2D eigenvalue weighted by atomic mass is 16.5. The highest BCUT2D eigenvalue weighted by Crippen LogP contribution is 2.28. The Morgan fingerprint density at radius 3 is 2.69 bits per heavy atom. The van der Waals surface area contributed by atoms with Gasteiger partial charge in [-0.25, -0.2) is 9.97 Å². The summed E-state index contributed by atoms with van der Waals surface area (Å²) in [4.78, 5) is 26.2. The lowest BCUT2D eigenvalue weighted by atomic mass is 10.1. The van der Waals surface area contributed by atoms with E-state index < -0.39 is 0 Å². The summed E-state index contributed by atoms with van der Waals surface area (Å²) in [6, 6.07) is 10.4. The van der Waals surface area contributed by atoms with Crippen molar-refractivity contribution in [3.63, 3.8) is 0 Å². The van der Waals surface area contributed by atoms with Crippen molar-refractivity contribution in [1.82, 2.24) is 19.8 Å². The molecular weight excluding hydrogens is 328 g/mol. The fourth-order valence-corrected chi connectivity index (χ4v) is 4.07. The number of hydrogen-bond donors (Lipinski definition) is 0. The van der Waals surface area contributed by atoms with Gasteiger partial charge < -0.3 is 9.64 Å². The summed E-state index contributed by atoms with van der Waals surface area (Å²) in [6.45, 7) is 6.37. The van der Waals surface area contributed by atoms with E-state index >= 15 is 0 Å². The monoisotopic (exact) mass is 352 g/mol. The van der Waals surface area contributed by atoms with Gasteiger partial charge in [-0.15, -0.1) is 0 Å². The first-order chi connectivity index (χ1) is 12.8. The number of carbonyl (C=O) groups excluding carboxylic acids is 1. The van der Waals surface area contributed by atoms with Gasteiger partial charge in [0.15, 0.2) is 0 Å². The molecule has 2 atom stereocenters. The zero-order valence-corrected chi connectivity index (χ0v) is 15.0. The van der Waals surface area contributed by atoms with Crippen molar-refractivity contribution in [2.75, 3.05) is 32.8 Å². The van der Waals surface area contributed by atoms with E-state index in [1.807, 2.05) is 35.2 Å². The highest BCUT2D eigenvalue weighted by Gasteiger charge is 2.38. The lowest BCUT2D eigenvalue weighted by Gasteiger charge is -2.35. The minimum atomic E-state index is 0.0210. The summed E-state index contributed by atoms with van der Waals surface area (Å²) in [5.74, 6) is 0.0210. The predicted octanol–water partition coefficient (Wildman–Crippen LogP) is 2.08. The number of benzene rings is 1. The van der Waals surface area contributed by atoms with Gasteiger partial charge in [0, 0.05) is 43.5 Å². The maximum absolute atomic E-state index is 13.3. The van der Waals surface area contributed by atoms with Crippen LogP contribution in [0.1, 0.15) is 23.7 Å². The number of nitrogens with zero attached hydrogens (tertiary/aromatic N) is 4. The Morgan fingerprint density at radius 2 is 1.92 bits per heavy atom. The average molecular weight is 352 g/mol. The molecule has 3 heterocycles. The van der Waals surface area contributed by atoms with Crippen LogP contribution in [0, 0.1) is 0 Å².